The molecule has 0 N–H and O–H groups in total. The Kier molecular flexibility index (Phi) is 7.85. The lowest BCUT2D eigenvalue weighted by Crippen LogP contribution is -2.34. The molecular weight excluding hydrogens is 413 g/mol. The lowest BCUT2D eigenvalue weighted by Gasteiger charge is -2.33. The third-order valence-corrected chi connectivity index (χ3v) is 8.51. The highest BCUT2D eigenvalue weighted by atomic mass is 32.2. The van der Waals surface area contributed by atoms with Crippen LogP contribution < -0.4 is 0 Å². The smallest absolute Gasteiger partial charge is 0.303 e. The summed E-state index contributed by atoms with van der Waals surface area (Å²) < 4.78 is 64.9. The predicted molar refractivity (Wildman–Crippen MR) is 112 cm³/mol. The van der Waals surface area contributed by atoms with E-state index in [1.807, 2.05) is 0 Å². The minimum absolute atomic E-state index is 0.0896. The number of alkyl halides is 3. The maximum atomic E-state index is 12.7. The second-order valence-corrected chi connectivity index (χ2v) is 10.9. The first-order valence-corrected chi connectivity index (χ1v) is 12.5. The van der Waals surface area contributed by atoms with Crippen molar-refractivity contribution in [2.45, 2.75) is 62.4 Å². The van der Waals surface area contributed by atoms with Crippen LogP contribution in [0.15, 0.2) is 29.2 Å². The number of hydrogen-bond acceptors (Lipinski definition) is 3. The molecule has 0 radical (unpaired) electrons. The topological polar surface area (TPSA) is 40.6 Å². The second kappa shape index (κ2) is 10.0. The van der Waals surface area contributed by atoms with Crippen LogP contribution in [0, 0.1) is 11.8 Å². The molecule has 8 heteroatoms. The first-order chi connectivity index (χ1) is 14.2. The average molecular weight is 447 g/mol. The minimum atomic E-state index is -4.47. The van der Waals surface area contributed by atoms with Gasteiger partial charge in [-0.3, -0.25) is 0 Å². The van der Waals surface area contributed by atoms with E-state index >= 15 is 0 Å². The summed E-state index contributed by atoms with van der Waals surface area (Å²) >= 11 is 0. The van der Waals surface area contributed by atoms with Crippen molar-refractivity contribution >= 4 is 10.0 Å². The molecule has 0 spiro atoms. The number of piperidine rings is 1. The van der Waals surface area contributed by atoms with Crippen molar-refractivity contribution in [3.63, 3.8) is 0 Å². The molecule has 1 aliphatic heterocycles. The summed E-state index contributed by atoms with van der Waals surface area (Å²) in [5, 5.41) is 0. The Bertz CT molecular complexity index is 767. The average Bonchev–Trinajstić information content (AvgIpc) is 2.73. The zero-order valence-corrected chi connectivity index (χ0v) is 18.5. The zero-order valence-electron chi connectivity index (χ0n) is 17.7. The number of halogens is 3. The number of nitrogens with zero attached hydrogens (tertiary/aromatic N) is 2. The van der Waals surface area contributed by atoms with Crippen LogP contribution in [0.2, 0.25) is 0 Å². The molecule has 4 nitrogen and oxygen atoms in total. The molecule has 1 saturated heterocycles. The van der Waals surface area contributed by atoms with Gasteiger partial charge in [-0.2, -0.15) is 13.2 Å². The number of benzene rings is 1. The van der Waals surface area contributed by atoms with Crippen molar-refractivity contribution in [1.29, 1.82) is 0 Å². The Morgan fingerprint density at radius 2 is 1.53 bits per heavy atom. The zero-order chi connectivity index (χ0) is 21.8. The molecule has 2 fully saturated rings. The highest BCUT2D eigenvalue weighted by Gasteiger charge is 2.32. The first kappa shape index (κ1) is 23.5. The molecule has 30 heavy (non-hydrogen) atoms. The van der Waals surface area contributed by atoms with E-state index in [2.05, 4.69) is 4.90 Å². The normalized spacial score (nSPS) is 24.3. The Balaban J connectivity index is 1.47. The fourth-order valence-electron chi connectivity index (χ4n) is 4.71. The van der Waals surface area contributed by atoms with Crippen molar-refractivity contribution in [2.75, 3.05) is 33.2 Å². The molecular formula is C22H33F3N2O2S. The van der Waals surface area contributed by atoms with Gasteiger partial charge in [-0.05, 0) is 87.8 Å². The lowest BCUT2D eigenvalue weighted by atomic mass is 9.80. The Hall–Kier alpha value is -1.12. The molecule has 170 valence electrons. The molecule has 0 atom stereocenters. The van der Waals surface area contributed by atoms with Crippen LogP contribution in [-0.2, 0) is 16.2 Å². The van der Waals surface area contributed by atoms with Gasteiger partial charge >= 0.3 is 6.18 Å². The summed E-state index contributed by atoms with van der Waals surface area (Å²) in [7, 11) is -2.26. The highest BCUT2D eigenvalue weighted by Crippen LogP contribution is 2.33. The van der Waals surface area contributed by atoms with E-state index in [9.17, 15) is 21.6 Å². The van der Waals surface area contributed by atoms with Gasteiger partial charge in [0.15, 0.2) is 0 Å². The molecule has 1 aromatic rings. The van der Waals surface area contributed by atoms with Gasteiger partial charge in [0.25, 0.3) is 0 Å². The summed E-state index contributed by atoms with van der Waals surface area (Å²) in [5.74, 6) is 1.03. The third-order valence-electron chi connectivity index (χ3n) is 6.67. The van der Waals surface area contributed by atoms with Gasteiger partial charge in [0.1, 0.15) is 0 Å². The van der Waals surface area contributed by atoms with Gasteiger partial charge in [-0.15, -0.1) is 0 Å². The summed E-state index contributed by atoms with van der Waals surface area (Å²) in [5.41, 5.74) is -0.841. The van der Waals surface area contributed by atoms with Gasteiger partial charge in [0.05, 0.1) is 10.5 Å². The maximum Gasteiger partial charge on any atom is 0.416 e. The van der Waals surface area contributed by atoms with Crippen LogP contribution in [0.5, 0.6) is 0 Å². The molecule has 0 aromatic heterocycles. The van der Waals surface area contributed by atoms with Crippen LogP contribution in [0.3, 0.4) is 0 Å². The Morgan fingerprint density at radius 1 is 0.967 bits per heavy atom. The van der Waals surface area contributed by atoms with Crippen molar-refractivity contribution in [1.82, 2.24) is 9.21 Å². The minimum Gasteiger partial charge on any atom is -0.303 e. The van der Waals surface area contributed by atoms with E-state index < -0.39 is 21.8 Å². The Labute approximate surface area is 178 Å². The van der Waals surface area contributed by atoms with E-state index in [4.69, 9.17) is 0 Å². The van der Waals surface area contributed by atoms with Crippen LogP contribution in [0.25, 0.3) is 0 Å². The molecule has 1 aromatic carbocycles. The Morgan fingerprint density at radius 3 is 2.10 bits per heavy atom. The third kappa shape index (κ3) is 6.20. The van der Waals surface area contributed by atoms with Gasteiger partial charge in [0, 0.05) is 13.6 Å². The molecule has 0 unspecified atom stereocenters. The van der Waals surface area contributed by atoms with Crippen LogP contribution in [0.1, 0.15) is 56.9 Å². The molecule has 1 saturated carbocycles. The van der Waals surface area contributed by atoms with Gasteiger partial charge in [-0.1, -0.05) is 19.3 Å². The molecule has 2 aliphatic rings. The number of likely N-dealkylation sites (tertiary alicyclic amines) is 1. The van der Waals surface area contributed by atoms with Gasteiger partial charge in [-0.25, -0.2) is 12.7 Å². The predicted octanol–water partition coefficient (Wildman–Crippen LogP) is 5.01. The lowest BCUT2D eigenvalue weighted by molar-refractivity contribution is -0.137. The van der Waals surface area contributed by atoms with E-state index in [-0.39, 0.29) is 4.90 Å². The van der Waals surface area contributed by atoms with Crippen molar-refractivity contribution in [3.8, 4) is 0 Å². The molecule has 0 amide bonds. The summed E-state index contributed by atoms with van der Waals surface area (Å²) in [4.78, 5) is 2.48. The fourth-order valence-corrected chi connectivity index (χ4v) is 5.96. The fraction of sp³-hybridized carbons (Fsp3) is 0.727. The van der Waals surface area contributed by atoms with Crippen molar-refractivity contribution in [2.24, 2.45) is 11.8 Å². The quantitative estimate of drug-likeness (QED) is 0.591. The van der Waals surface area contributed by atoms with E-state index in [1.165, 1.54) is 56.7 Å². The summed E-state index contributed by atoms with van der Waals surface area (Å²) in [6.45, 7) is 4.05. The SMILES string of the molecule is CN(CC1CCC(CCN2CCCCC2)CC1)S(=O)(=O)c1ccc(C(F)(F)F)cc1. The first-order valence-electron chi connectivity index (χ1n) is 11.0. The molecule has 1 aliphatic carbocycles. The molecule has 3 rings (SSSR count). The summed E-state index contributed by atoms with van der Waals surface area (Å²) in [6.07, 6.45) is 5.02. The maximum absolute atomic E-state index is 12.7. The van der Waals surface area contributed by atoms with Crippen molar-refractivity contribution < 1.29 is 21.6 Å². The van der Waals surface area contributed by atoms with Crippen molar-refractivity contribution in [3.05, 3.63) is 29.8 Å². The highest BCUT2D eigenvalue weighted by molar-refractivity contribution is 7.89. The number of rotatable bonds is 7. The standard InChI is InChI=1S/C22H33F3N2O2S/c1-26(30(28,29)21-11-9-20(10-12-21)22(23,24)25)17-19-7-5-18(6-8-19)13-16-27-14-3-2-4-15-27/h9-12,18-19H,2-8,13-17H2,1H3. The van der Waals surface area contributed by atoms with E-state index in [0.29, 0.717) is 12.5 Å². The van der Waals surface area contributed by atoms with Crippen LogP contribution in [0.4, 0.5) is 13.2 Å². The number of sulfonamides is 1. The second-order valence-electron chi connectivity index (χ2n) is 8.89. The van der Waals surface area contributed by atoms with Gasteiger partial charge < -0.3 is 4.90 Å². The number of hydrogen-bond donors (Lipinski definition) is 0. The summed E-state index contributed by atoms with van der Waals surface area (Å²) in [6, 6.07) is 3.75. The molecule has 0 bridgehead atoms. The van der Waals surface area contributed by atoms with E-state index in [1.54, 1.807) is 0 Å². The molecule has 1 heterocycles. The van der Waals surface area contributed by atoms with E-state index in [0.717, 1.165) is 55.9 Å². The largest absolute Gasteiger partial charge is 0.416 e. The van der Waals surface area contributed by atoms with Crippen LogP contribution >= 0.6 is 0 Å². The van der Waals surface area contributed by atoms with Crippen LogP contribution in [-0.4, -0.2) is 50.8 Å². The van der Waals surface area contributed by atoms with Gasteiger partial charge in [0.2, 0.25) is 10.0 Å². The monoisotopic (exact) mass is 446 g/mol.